The highest BCUT2D eigenvalue weighted by Crippen LogP contribution is 2.35. The standard InChI is InChI=1S/C12H19NO6/c1-5-17-10(16)13-12(6-7-18-9(12)15)11(3,4)19-8(2)14/h5-7H2,1-4H3,(H,13,16). The molecule has 1 heterocycles. The van der Waals surface area contributed by atoms with E-state index in [9.17, 15) is 14.4 Å². The quantitative estimate of drug-likeness (QED) is 0.600. The van der Waals surface area contributed by atoms with Gasteiger partial charge in [0.15, 0.2) is 5.54 Å². The zero-order valence-corrected chi connectivity index (χ0v) is 11.6. The number of nitrogens with one attached hydrogen (secondary N) is 1. The third-order valence-corrected chi connectivity index (χ3v) is 3.08. The summed E-state index contributed by atoms with van der Waals surface area (Å²) in [7, 11) is 0. The summed E-state index contributed by atoms with van der Waals surface area (Å²) >= 11 is 0. The lowest BCUT2D eigenvalue weighted by molar-refractivity contribution is -0.168. The molecular formula is C12H19NO6. The summed E-state index contributed by atoms with van der Waals surface area (Å²) in [6.07, 6.45) is -0.535. The summed E-state index contributed by atoms with van der Waals surface area (Å²) in [4.78, 5) is 34.7. The molecule has 108 valence electrons. The van der Waals surface area contributed by atoms with Gasteiger partial charge in [0.05, 0.1) is 13.2 Å². The minimum absolute atomic E-state index is 0.149. The van der Waals surface area contributed by atoms with Crippen molar-refractivity contribution in [3.05, 3.63) is 0 Å². The third kappa shape index (κ3) is 2.97. The lowest BCUT2D eigenvalue weighted by atomic mass is 9.80. The third-order valence-electron chi connectivity index (χ3n) is 3.08. The Bertz CT molecular complexity index is 392. The van der Waals surface area contributed by atoms with Gasteiger partial charge in [-0.05, 0) is 20.8 Å². The number of carbonyl (C=O) groups is 3. The van der Waals surface area contributed by atoms with Crippen molar-refractivity contribution in [2.45, 2.75) is 45.3 Å². The zero-order valence-electron chi connectivity index (χ0n) is 11.6. The minimum atomic E-state index is -1.43. The second-order valence-corrected chi connectivity index (χ2v) is 4.74. The molecule has 19 heavy (non-hydrogen) atoms. The number of ether oxygens (including phenoxy) is 3. The Hall–Kier alpha value is -1.79. The molecule has 0 aliphatic carbocycles. The maximum Gasteiger partial charge on any atom is 0.408 e. The van der Waals surface area contributed by atoms with E-state index in [1.807, 2.05) is 0 Å². The fourth-order valence-corrected chi connectivity index (χ4v) is 2.12. The lowest BCUT2D eigenvalue weighted by Gasteiger charge is -2.39. The number of alkyl carbamates (subject to hydrolysis) is 1. The number of hydrogen-bond acceptors (Lipinski definition) is 6. The average Bonchev–Trinajstić information content (AvgIpc) is 2.60. The minimum Gasteiger partial charge on any atom is -0.464 e. The number of carbonyl (C=O) groups excluding carboxylic acids is 3. The molecule has 0 aromatic heterocycles. The predicted molar refractivity (Wildman–Crippen MR) is 64.3 cm³/mol. The summed E-state index contributed by atoms with van der Waals surface area (Å²) in [5.41, 5.74) is -2.66. The Morgan fingerprint density at radius 2 is 2.11 bits per heavy atom. The van der Waals surface area contributed by atoms with Crippen molar-refractivity contribution in [1.82, 2.24) is 5.32 Å². The van der Waals surface area contributed by atoms with Gasteiger partial charge in [0.1, 0.15) is 5.60 Å². The largest absolute Gasteiger partial charge is 0.464 e. The highest BCUT2D eigenvalue weighted by Gasteiger charge is 2.59. The summed E-state index contributed by atoms with van der Waals surface area (Å²) in [6, 6.07) is 0. The van der Waals surface area contributed by atoms with Gasteiger partial charge >= 0.3 is 18.0 Å². The predicted octanol–water partition coefficient (Wildman–Crippen LogP) is 0.760. The van der Waals surface area contributed by atoms with E-state index in [2.05, 4.69) is 5.32 Å². The highest BCUT2D eigenvalue weighted by atomic mass is 16.6. The molecule has 1 aliphatic rings. The van der Waals surface area contributed by atoms with Crippen LogP contribution in [0.25, 0.3) is 0 Å². The van der Waals surface area contributed by atoms with Gasteiger partial charge < -0.3 is 19.5 Å². The molecule has 1 rings (SSSR count). The number of amides is 1. The van der Waals surface area contributed by atoms with Crippen LogP contribution >= 0.6 is 0 Å². The Labute approximate surface area is 111 Å². The molecule has 1 atom stereocenters. The topological polar surface area (TPSA) is 90.9 Å². The van der Waals surface area contributed by atoms with Crippen LogP contribution in [0.2, 0.25) is 0 Å². The summed E-state index contributed by atoms with van der Waals surface area (Å²) in [5.74, 6) is -1.18. The first kappa shape index (κ1) is 15.3. The molecule has 0 saturated carbocycles. The van der Waals surface area contributed by atoms with Crippen LogP contribution in [0.4, 0.5) is 4.79 Å². The van der Waals surface area contributed by atoms with Crippen molar-refractivity contribution in [2.24, 2.45) is 0 Å². The SMILES string of the molecule is CCOC(=O)NC1(C(C)(C)OC(C)=O)CCOC1=O. The maximum absolute atomic E-state index is 12.0. The highest BCUT2D eigenvalue weighted by molar-refractivity contribution is 5.89. The molecule has 0 spiro atoms. The van der Waals surface area contributed by atoms with E-state index in [1.54, 1.807) is 20.8 Å². The summed E-state index contributed by atoms with van der Waals surface area (Å²) in [6.45, 7) is 6.30. The molecule has 1 aliphatic heterocycles. The van der Waals surface area contributed by atoms with Gasteiger partial charge in [0.2, 0.25) is 0 Å². The molecule has 0 aromatic carbocycles. The van der Waals surface area contributed by atoms with Crippen LogP contribution in [0.15, 0.2) is 0 Å². The zero-order chi connectivity index (χ0) is 14.7. The molecule has 1 fully saturated rings. The summed E-state index contributed by atoms with van der Waals surface area (Å²) < 4.78 is 14.9. The van der Waals surface area contributed by atoms with Crippen molar-refractivity contribution in [2.75, 3.05) is 13.2 Å². The molecule has 0 aromatic rings. The monoisotopic (exact) mass is 273 g/mol. The van der Waals surface area contributed by atoms with Gasteiger partial charge in [-0.25, -0.2) is 9.59 Å². The normalized spacial score (nSPS) is 22.6. The van der Waals surface area contributed by atoms with E-state index in [0.717, 1.165) is 0 Å². The maximum atomic E-state index is 12.0. The van der Waals surface area contributed by atoms with Crippen molar-refractivity contribution in [3.63, 3.8) is 0 Å². The van der Waals surface area contributed by atoms with E-state index in [-0.39, 0.29) is 19.6 Å². The van der Waals surface area contributed by atoms with E-state index in [0.29, 0.717) is 0 Å². The Morgan fingerprint density at radius 3 is 2.53 bits per heavy atom. The molecule has 1 unspecified atom stereocenters. The van der Waals surface area contributed by atoms with E-state index < -0.39 is 29.2 Å². The van der Waals surface area contributed by atoms with Crippen molar-refractivity contribution >= 4 is 18.0 Å². The van der Waals surface area contributed by atoms with Crippen LogP contribution in [0.1, 0.15) is 34.1 Å². The first-order valence-corrected chi connectivity index (χ1v) is 6.07. The molecule has 1 saturated heterocycles. The van der Waals surface area contributed by atoms with Gasteiger partial charge in [0.25, 0.3) is 0 Å². The molecule has 0 bridgehead atoms. The first-order valence-electron chi connectivity index (χ1n) is 6.07. The van der Waals surface area contributed by atoms with Crippen molar-refractivity contribution in [3.8, 4) is 0 Å². The van der Waals surface area contributed by atoms with Gasteiger partial charge in [-0.1, -0.05) is 0 Å². The Kier molecular flexibility index (Phi) is 4.39. The van der Waals surface area contributed by atoms with Gasteiger partial charge in [-0.2, -0.15) is 0 Å². The van der Waals surface area contributed by atoms with Crippen LogP contribution in [-0.2, 0) is 23.8 Å². The lowest BCUT2D eigenvalue weighted by Crippen LogP contribution is -2.66. The molecular weight excluding hydrogens is 254 g/mol. The molecule has 7 nitrogen and oxygen atoms in total. The van der Waals surface area contributed by atoms with Crippen LogP contribution in [0.3, 0.4) is 0 Å². The van der Waals surface area contributed by atoms with E-state index in [4.69, 9.17) is 14.2 Å². The fraction of sp³-hybridized carbons (Fsp3) is 0.750. The molecule has 7 heteroatoms. The number of hydrogen-bond donors (Lipinski definition) is 1. The van der Waals surface area contributed by atoms with E-state index >= 15 is 0 Å². The van der Waals surface area contributed by atoms with Crippen LogP contribution < -0.4 is 5.32 Å². The number of cyclic esters (lactones) is 1. The molecule has 0 radical (unpaired) electrons. The fourth-order valence-electron chi connectivity index (χ4n) is 2.12. The first-order chi connectivity index (χ1) is 8.75. The van der Waals surface area contributed by atoms with Crippen molar-refractivity contribution in [1.29, 1.82) is 0 Å². The Morgan fingerprint density at radius 1 is 1.47 bits per heavy atom. The van der Waals surface area contributed by atoms with Crippen molar-refractivity contribution < 1.29 is 28.6 Å². The van der Waals surface area contributed by atoms with Crippen LogP contribution in [-0.4, -0.2) is 42.4 Å². The van der Waals surface area contributed by atoms with Gasteiger partial charge in [0, 0.05) is 13.3 Å². The molecule has 1 N–H and O–H groups in total. The second kappa shape index (κ2) is 5.46. The van der Waals surface area contributed by atoms with Gasteiger partial charge in [-0.3, -0.25) is 4.79 Å². The number of esters is 2. The smallest absolute Gasteiger partial charge is 0.408 e. The second-order valence-electron chi connectivity index (χ2n) is 4.74. The van der Waals surface area contributed by atoms with Gasteiger partial charge in [-0.15, -0.1) is 0 Å². The van der Waals surface area contributed by atoms with E-state index in [1.165, 1.54) is 6.92 Å². The van der Waals surface area contributed by atoms with Crippen LogP contribution in [0.5, 0.6) is 0 Å². The molecule has 1 amide bonds. The van der Waals surface area contributed by atoms with Crippen LogP contribution in [0, 0.1) is 0 Å². The average molecular weight is 273 g/mol. The summed E-state index contributed by atoms with van der Waals surface area (Å²) in [5, 5.41) is 2.48. The number of rotatable bonds is 4. The Balaban J connectivity index is 3.03.